The summed E-state index contributed by atoms with van der Waals surface area (Å²) in [5.74, 6) is 1.51. The second kappa shape index (κ2) is 5.77. The summed E-state index contributed by atoms with van der Waals surface area (Å²) < 4.78 is 10.6. The van der Waals surface area contributed by atoms with E-state index in [9.17, 15) is 4.79 Å². The molecule has 0 radical (unpaired) electrons. The van der Waals surface area contributed by atoms with Crippen molar-refractivity contribution in [1.29, 1.82) is 0 Å². The van der Waals surface area contributed by atoms with Crippen molar-refractivity contribution in [1.82, 2.24) is 9.97 Å². The van der Waals surface area contributed by atoms with E-state index in [-0.39, 0.29) is 5.91 Å². The lowest BCUT2D eigenvalue weighted by molar-refractivity contribution is 0.102. The molecule has 0 aliphatic carbocycles. The monoisotopic (exact) mass is 297 g/mol. The van der Waals surface area contributed by atoms with Crippen molar-refractivity contribution in [2.24, 2.45) is 0 Å². The van der Waals surface area contributed by atoms with Crippen molar-refractivity contribution in [3.8, 4) is 11.5 Å². The summed E-state index contributed by atoms with van der Waals surface area (Å²) in [5.41, 5.74) is 1.17. The average Bonchev–Trinajstić information content (AvgIpc) is 2.99. The Balaban J connectivity index is 1.96. The number of rotatable bonds is 4. The number of carbonyl (C=O) groups is 1. The molecule has 0 unspecified atom stereocenters. The lowest BCUT2D eigenvalue weighted by Crippen LogP contribution is -2.12. The van der Waals surface area contributed by atoms with Crippen LogP contribution in [0.2, 0.25) is 0 Å². The normalized spacial score (nSPS) is 10.5. The Hall–Kier alpha value is -3.02. The number of nitrogens with zero attached hydrogens (tertiary/aromatic N) is 1. The Bertz CT molecular complexity index is 812. The van der Waals surface area contributed by atoms with Crippen LogP contribution in [0.25, 0.3) is 10.9 Å². The molecule has 3 aromatic rings. The fourth-order valence-corrected chi connectivity index (χ4v) is 2.21. The third-order valence-corrected chi connectivity index (χ3v) is 3.27. The van der Waals surface area contributed by atoms with Gasteiger partial charge >= 0.3 is 0 Å². The Kier molecular flexibility index (Phi) is 3.65. The summed E-state index contributed by atoms with van der Waals surface area (Å²) in [7, 11) is 3.16. The zero-order valence-electron chi connectivity index (χ0n) is 12.2. The summed E-state index contributed by atoms with van der Waals surface area (Å²) in [6.45, 7) is 0. The number of hydrogen-bond acceptors (Lipinski definition) is 4. The molecule has 3 rings (SSSR count). The van der Waals surface area contributed by atoms with Crippen LogP contribution in [0, 0.1) is 0 Å². The molecule has 0 aliphatic heterocycles. The van der Waals surface area contributed by atoms with E-state index in [2.05, 4.69) is 15.3 Å². The minimum absolute atomic E-state index is 0.268. The summed E-state index contributed by atoms with van der Waals surface area (Å²) in [5, 5.41) is 3.57. The van der Waals surface area contributed by atoms with Gasteiger partial charge in [0.15, 0.2) is 0 Å². The number of ether oxygens (including phenoxy) is 2. The van der Waals surface area contributed by atoms with Gasteiger partial charge in [0.05, 0.1) is 19.7 Å². The van der Waals surface area contributed by atoms with Gasteiger partial charge in [0, 0.05) is 17.6 Å². The van der Waals surface area contributed by atoms with Crippen molar-refractivity contribution >= 4 is 22.6 Å². The topological polar surface area (TPSA) is 76.2 Å². The van der Waals surface area contributed by atoms with Crippen molar-refractivity contribution in [3.63, 3.8) is 0 Å². The van der Waals surface area contributed by atoms with Crippen LogP contribution >= 0.6 is 0 Å². The first-order valence-electron chi connectivity index (χ1n) is 6.68. The Morgan fingerprint density at radius 2 is 2.05 bits per heavy atom. The van der Waals surface area contributed by atoms with Gasteiger partial charge < -0.3 is 19.8 Å². The van der Waals surface area contributed by atoms with Crippen LogP contribution in [-0.2, 0) is 0 Å². The first-order valence-corrected chi connectivity index (χ1v) is 6.68. The summed E-state index contributed by atoms with van der Waals surface area (Å²) in [6, 6.07) is 10.7. The standard InChI is InChI=1S/C16H15N3O3/c1-21-11-7-10-8-12(18-15(10)13(9-11)22-2)16(20)19-14-5-3-4-6-17-14/h3-9,18H,1-2H3,(H,17,19,20). The predicted octanol–water partition coefficient (Wildman–Crippen LogP) is 2.83. The predicted molar refractivity (Wildman–Crippen MR) is 83.6 cm³/mol. The van der Waals surface area contributed by atoms with Crippen molar-refractivity contribution in [3.05, 3.63) is 48.3 Å². The number of H-pyrrole nitrogens is 1. The number of hydrogen-bond donors (Lipinski definition) is 2. The van der Waals surface area contributed by atoms with E-state index in [0.717, 1.165) is 10.9 Å². The Morgan fingerprint density at radius 1 is 1.18 bits per heavy atom. The van der Waals surface area contributed by atoms with Gasteiger partial charge in [-0.2, -0.15) is 0 Å². The maximum absolute atomic E-state index is 12.3. The molecule has 0 bridgehead atoms. The zero-order chi connectivity index (χ0) is 15.5. The molecule has 0 fully saturated rings. The van der Waals surface area contributed by atoms with Crippen molar-refractivity contribution in [2.45, 2.75) is 0 Å². The van der Waals surface area contributed by atoms with E-state index in [4.69, 9.17) is 9.47 Å². The van der Waals surface area contributed by atoms with Crippen molar-refractivity contribution in [2.75, 3.05) is 19.5 Å². The maximum Gasteiger partial charge on any atom is 0.273 e. The van der Waals surface area contributed by atoms with E-state index in [0.29, 0.717) is 23.0 Å². The molecule has 2 aromatic heterocycles. The molecule has 6 nitrogen and oxygen atoms in total. The average molecular weight is 297 g/mol. The minimum atomic E-state index is -0.268. The maximum atomic E-state index is 12.3. The van der Waals surface area contributed by atoms with E-state index in [1.54, 1.807) is 44.7 Å². The third-order valence-electron chi connectivity index (χ3n) is 3.27. The van der Waals surface area contributed by atoms with Crippen LogP contribution < -0.4 is 14.8 Å². The third kappa shape index (κ3) is 2.58. The molecule has 0 aliphatic rings. The molecule has 0 saturated carbocycles. The highest BCUT2D eigenvalue weighted by Gasteiger charge is 2.14. The molecule has 0 saturated heterocycles. The highest BCUT2D eigenvalue weighted by molar-refractivity contribution is 6.06. The number of pyridine rings is 1. The van der Waals surface area contributed by atoms with Gasteiger partial charge in [-0.05, 0) is 24.3 Å². The van der Waals surface area contributed by atoms with Crippen LogP contribution in [0.15, 0.2) is 42.6 Å². The van der Waals surface area contributed by atoms with Gasteiger partial charge in [-0.3, -0.25) is 4.79 Å². The molecule has 22 heavy (non-hydrogen) atoms. The van der Waals surface area contributed by atoms with Gasteiger partial charge in [0.1, 0.15) is 23.0 Å². The largest absolute Gasteiger partial charge is 0.497 e. The molecule has 0 spiro atoms. The summed E-state index contributed by atoms with van der Waals surface area (Å²) >= 11 is 0. The van der Waals surface area contributed by atoms with Crippen LogP contribution in [0.4, 0.5) is 5.82 Å². The minimum Gasteiger partial charge on any atom is -0.497 e. The van der Waals surface area contributed by atoms with E-state index < -0.39 is 0 Å². The first-order chi connectivity index (χ1) is 10.7. The quantitative estimate of drug-likeness (QED) is 0.776. The number of methoxy groups -OCH3 is 2. The molecular formula is C16H15N3O3. The van der Waals surface area contributed by atoms with E-state index in [1.807, 2.05) is 12.1 Å². The number of fused-ring (bicyclic) bond motifs is 1. The van der Waals surface area contributed by atoms with Gasteiger partial charge in [0.2, 0.25) is 0 Å². The Labute approximate surface area is 127 Å². The zero-order valence-corrected chi connectivity index (χ0v) is 12.2. The first kappa shape index (κ1) is 13.9. The highest BCUT2D eigenvalue weighted by Crippen LogP contribution is 2.31. The number of benzene rings is 1. The van der Waals surface area contributed by atoms with Gasteiger partial charge in [0.25, 0.3) is 5.91 Å². The molecule has 112 valence electrons. The fraction of sp³-hybridized carbons (Fsp3) is 0.125. The molecule has 1 aromatic carbocycles. The number of nitrogens with one attached hydrogen (secondary N) is 2. The van der Waals surface area contributed by atoms with Gasteiger partial charge in [-0.25, -0.2) is 4.98 Å². The van der Waals surface area contributed by atoms with Crippen LogP contribution in [0.3, 0.4) is 0 Å². The lowest BCUT2D eigenvalue weighted by atomic mass is 10.2. The SMILES string of the molecule is COc1cc(OC)c2[nH]c(C(=O)Nc3ccccn3)cc2c1. The Morgan fingerprint density at radius 3 is 2.73 bits per heavy atom. The second-order valence-electron chi connectivity index (χ2n) is 4.65. The van der Waals surface area contributed by atoms with Gasteiger partial charge in [-0.1, -0.05) is 6.07 Å². The lowest BCUT2D eigenvalue weighted by Gasteiger charge is -2.05. The molecule has 1 amide bonds. The fourth-order valence-electron chi connectivity index (χ4n) is 2.21. The number of aromatic nitrogens is 2. The molecular weight excluding hydrogens is 282 g/mol. The molecule has 2 N–H and O–H groups in total. The number of anilines is 1. The second-order valence-corrected chi connectivity index (χ2v) is 4.65. The van der Waals surface area contributed by atoms with Crippen LogP contribution in [0.1, 0.15) is 10.5 Å². The summed E-state index contributed by atoms with van der Waals surface area (Å²) in [4.78, 5) is 19.4. The molecule has 2 heterocycles. The molecule has 6 heteroatoms. The molecule has 0 atom stereocenters. The van der Waals surface area contributed by atoms with Crippen LogP contribution in [-0.4, -0.2) is 30.1 Å². The summed E-state index contributed by atoms with van der Waals surface area (Å²) in [6.07, 6.45) is 1.62. The van der Waals surface area contributed by atoms with E-state index in [1.165, 1.54) is 0 Å². The number of amides is 1. The van der Waals surface area contributed by atoms with Gasteiger partial charge in [-0.15, -0.1) is 0 Å². The number of aromatic amines is 1. The highest BCUT2D eigenvalue weighted by atomic mass is 16.5. The van der Waals surface area contributed by atoms with Crippen molar-refractivity contribution < 1.29 is 14.3 Å². The number of carbonyl (C=O) groups excluding carboxylic acids is 1. The van der Waals surface area contributed by atoms with E-state index >= 15 is 0 Å². The smallest absolute Gasteiger partial charge is 0.273 e. The van der Waals surface area contributed by atoms with Crippen LogP contribution in [0.5, 0.6) is 11.5 Å².